The number of hydrogen-bond acceptors (Lipinski definition) is 4. The van der Waals surface area contributed by atoms with E-state index in [1.807, 2.05) is 6.92 Å². The van der Waals surface area contributed by atoms with Gasteiger partial charge in [0.05, 0.1) is 5.41 Å². The number of hydrogen-bond donors (Lipinski definition) is 3. The fourth-order valence-corrected chi connectivity index (χ4v) is 1.32. The van der Waals surface area contributed by atoms with Crippen molar-refractivity contribution in [1.29, 1.82) is 0 Å². The number of nitrogens with zero attached hydrogens (tertiary/aromatic N) is 1. The molecule has 2 amide bonds. The number of primary amides is 1. The maximum atomic E-state index is 11.9. The molecule has 0 atom stereocenters. The van der Waals surface area contributed by atoms with Crippen LogP contribution in [0.1, 0.15) is 31.3 Å². The van der Waals surface area contributed by atoms with Crippen LogP contribution in [0.25, 0.3) is 0 Å². The van der Waals surface area contributed by atoms with E-state index >= 15 is 0 Å². The standard InChI is InChI=1S/C13H20N4O2/c1-4-15-10-7-5-6-9(17-10)11(18)16-8-13(2,3)12(14)19/h5-7H,4,8H2,1-3H3,(H2,14,19)(H,15,17)(H,16,18). The topological polar surface area (TPSA) is 97.1 Å². The summed E-state index contributed by atoms with van der Waals surface area (Å²) in [4.78, 5) is 27.2. The number of carbonyl (C=O) groups excluding carboxylic acids is 2. The average Bonchev–Trinajstić information content (AvgIpc) is 2.36. The first-order chi connectivity index (χ1) is 8.86. The molecule has 6 nitrogen and oxygen atoms in total. The van der Waals surface area contributed by atoms with Crippen LogP contribution in [0.15, 0.2) is 18.2 Å². The zero-order chi connectivity index (χ0) is 14.5. The minimum absolute atomic E-state index is 0.175. The van der Waals surface area contributed by atoms with Crippen molar-refractivity contribution in [2.24, 2.45) is 11.1 Å². The van der Waals surface area contributed by atoms with Crippen molar-refractivity contribution in [2.45, 2.75) is 20.8 Å². The van der Waals surface area contributed by atoms with Crippen molar-refractivity contribution in [3.63, 3.8) is 0 Å². The third-order valence-corrected chi connectivity index (χ3v) is 2.70. The molecular formula is C13H20N4O2. The van der Waals surface area contributed by atoms with E-state index in [1.165, 1.54) is 0 Å². The summed E-state index contributed by atoms with van der Waals surface area (Å²) in [6.45, 7) is 6.21. The summed E-state index contributed by atoms with van der Waals surface area (Å²) in [6, 6.07) is 5.15. The number of amides is 2. The van der Waals surface area contributed by atoms with Crippen LogP contribution in [0.4, 0.5) is 5.82 Å². The summed E-state index contributed by atoms with van der Waals surface area (Å²) in [7, 11) is 0. The molecule has 0 aliphatic heterocycles. The Bertz CT molecular complexity index is 471. The van der Waals surface area contributed by atoms with Crippen molar-refractivity contribution in [3.05, 3.63) is 23.9 Å². The predicted octanol–water partition coefficient (Wildman–Crippen LogP) is 0.755. The first-order valence-corrected chi connectivity index (χ1v) is 6.16. The fourth-order valence-electron chi connectivity index (χ4n) is 1.32. The molecule has 6 heteroatoms. The van der Waals surface area contributed by atoms with Gasteiger partial charge < -0.3 is 16.4 Å². The predicted molar refractivity (Wildman–Crippen MR) is 73.7 cm³/mol. The molecule has 19 heavy (non-hydrogen) atoms. The molecule has 4 N–H and O–H groups in total. The van der Waals surface area contributed by atoms with Gasteiger partial charge in [-0.1, -0.05) is 6.07 Å². The van der Waals surface area contributed by atoms with E-state index in [9.17, 15) is 9.59 Å². The normalized spacial score (nSPS) is 10.9. The fraction of sp³-hybridized carbons (Fsp3) is 0.462. The highest BCUT2D eigenvalue weighted by molar-refractivity contribution is 5.93. The lowest BCUT2D eigenvalue weighted by Gasteiger charge is -2.20. The van der Waals surface area contributed by atoms with E-state index in [2.05, 4.69) is 15.6 Å². The van der Waals surface area contributed by atoms with Crippen molar-refractivity contribution in [3.8, 4) is 0 Å². The number of nitrogens with one attached hydrogen (secondary N) is 2. The Balaban J connectivity index is 2.68. The van der Waals surface area contributed by atoms with Crippen molar-refractivity contribution >= 4 is 17.6 Å². The van der Waals surface area contributed by atoms with Gasteiger partial charge in [0.2, 0.25) is 5.91 Å². The lowest BCUT2D eigenvalue weighted by atomic mass is 9.93. The summed E-state index contributed by atoms with van der Waals surface area (Å²) >= 11 is 0. The first-order valence-electron chi connectivity index (χ1n) is 6.16. The first kappa shape index (κ1) is 14.9. The number of anilines is 1. The Morgan fingerprint density at radius 3 is 2.63 bits per heavy atom. The minimum Gasteiger partial charge on any atom is -0.370 e. The van der Waals surface area contributed by atoms with Crippen LogP contribution >= 0.6 is 0 Å². The molecule has 0 aromatic carbocycles. The summed E-state index contributed by atoms with van der Waals surface area (Å²) < 4.78 is 0. The smallest absolute Gasteiger partial charge is 0.270 e. The van der Waals surface area contributed by atoms with Crippen molar-refractivity contribution in [2.75, 3.05) is 18.4 Å². The molecule has 0 bridgehead atoms. The molecule has 0 saturated heterocycles. The van der Waals surface area contributed by atoms with Gasteiger partial charge in [-0.05, 0) is 32.9 Å². The zero-order valence-electron chi connectivity index (χ0n) is 11.5. The van der Waals surface area contributed by atoms with Crippen molar-refractivity contribution in [1.82, 2.24) is 10.3 Å². The number of nitrogens with two attached hydrogens (primary N) is 1. The van der Waals surface area contributed by atoms with Gasteiger partial charge in [-0.15, -0.1) is 0 Å². The second-order valence-corrected chi connectivity index (χ2v) is 4.87. The molecular weight excluding hydrogens is 244 g/mol. The van der Waals surface area contributed by atoms with Crippen LogP contribution in [0.2, 0.25) is 0 Å². The Hall–Kier alpha value is -2.11. The molecule has 1 aromatic rings. The molecule has 0 spiro atoms. The van der Waals surface area contributed by atoms with Crippen LogP contribution in [0.3, 0.4) is 0 Å². The molecule has 0 unspecified atom stereocenters. The van der Waals surface area contributed by atoms with Gasteiger partial charge in [-0.3, -0.25) is 9.59 Å². The highest BCUT2D eigenvalue weighted by Crippen LogP contribution is 2.12. The SMILES string of the molecule is CCNc1cccc(C(=O)NCC(C)(C)C(N)=O)n1. The molecule has 0 radical (unpaired) electrons. The van der Waals surface area contributed by atoms with Gasteiger partial charge in [0.15, 0.2) is 0 Å². The van der Waals surface area contributed by atoms with Crippen molar-refractivity contribution < 1.29 is 9.59 Å². The van der Waals surface area contributed by atoms with Crippen LogP contribution in [0.5, 0.6) is 0 Å². The summed E-state index contributed by atoms with van der Waals surface area (Å²) in [6.07, 6.45) is 0. The van der Waals surface area contributed by atoms with Gasteiger partial charge in [0.25, 0.3) is 5.91 Å². The zero-order valence-corrected chi connectivity index (χ0v) is 11.5. The number of aromatic nitrogens is 1. The summed E-state index contributed by atoms with van der Waals surface area (Å²) in [5.74, 6) is -0.138. The molecule has 1 rings (SSSR count). The van der Waals surface area contributed by atoms with E-state index in [-0.39, 0.29) is 12.5 Å². The molecule has 0 aliphatic rings. The Kier molecular flexibility index (Phi) is 4.86. The van der Waals surface area contributed by atoms with Gasteiger partial charge in [0, 0.05) is 13.1 Å². The Labute approximate surface area is 112 Å². The molecule has 104 valence electrons. The average molecular weight is 264 g/mol. The van der Waals surface area contributed by atoms with Gasteiger partial charge >= 0.3 is 0 Å². The summed E-state index contributed by atoms with van der Waals surface area (Å²) in [5.41, 5.74) is 4.76. The van der Waals surface area contributed by atoms with E-state index in [4.69, 9.17) is 5.73 Å². The van der Waals surface area contributed by atoms with E-state index in [1.54, 1.807) is 32.0 Å². The molecule has 0 saturated carbocycles. The minimum atomic E-state index is -0.783. The number of carbonyl (C=O) groups is 2. The largest absolute Gasteiger partial charge is 0.370 e. The maximum Gasteiger partial charge on any atom is 0.270 e. The quantitative estimate of drug-likeness (QED) is 0.706. The van der Waals surface area contributed by atoms with Gasteiger partial charge in [-0.2, -0.15) is 0 Å². The lowest BCUT2D eigenvalue weighted by molar-refractivity contribution is -0.125. The van der Waals surface area contributed by atoms with Crippen LogP contribution in [-0.4, -0.2) is 29.9 Å². The highest BCUT2D eigenvalue weighted by Gasteiger charge is 2.25. The van der Waals surface area contributed by atoms with Crippen LogP contribution in [-0.2, 0) is 4.79 Å². The van der Waals surface area contributed by atoms with Gasteiger partial charge in [0.1, 0.15) is 11.5 Å². The Morgan fingerprint density at radius 2 is 2.05 bits per heavy atom. The number of pyridine rings is 1. The Morgan fingerprint density at radius 1 is 1.37 bits per heavy atom. The molecule has 1 heterocycles. The molecule has 0 fully saturated rings. The number of rotatable bonds is 6. The van der Waals surface area contributed by atoms with E-state index in [0.717, 1.165) is 6.54 Å². The monoisotopic (exact) mass is 264 g/mol. The molecule has 1 aromatic heterocycles. The third-order valence-electron chi connectivity index (χ3n) is 2.70. The third kappa shape index (κ3) is 4.24. The second kappa shape index (κ2) is 6.17. The second-order valence-electron chi connectivity index (χ2n) is 4.87. The van der Waals surface area contributed by atoms with E-state index < -0.39 is 11.3 Å². The highest BCUT2D eigenvalue weighted by atomic mass is 16.2. The maximum absolute atomic E-state index is 11.9. The van der Waals surface area contributed by atoms with Crippen LogP contribution < -0.4 is 16.4 Å². The summed E-state index contributed by atoms with van der Waals surface area (Å²) in [5, 5.41) is 5.69. The van der Waals surface area contributed by atoms with E-state index in [0.29, 0.717) is 11.5 Å². The van der Waals surface area contributed by atoms with Gasteiger partial charge in [-0.25, -0.2) is 4.98 Å². The van der Waals surface area contributed by atoms with Crippen LogP contribution in [0, 0.1) is 5.41 Å². The molecule has 0 aliphatic carbocycles. The lowest BCUT2D eigenvalue weighted by Crippen LogP contribution is -2.42.